The number of ether oxygens (including phenoxy) is 2. The summed E-state index contributed by atoms with van der Waals surface area (Å²) in [6, 6.07) is 22.3. The normalized spacial score (nSPS) is 18.9. The van der Waals surface area contributed by atoms with Gasteiger partial charge >= 0.3 is 0 Å². The topological polar surface area (TPSA) is 106 Å². The van der Waals surface area contributed by atoms with Gasteiger partial charge < -0.3 is 19.5 Å². The smallest absolute Gasteiger partial charge is 0.252 e. The third kappa shape index (κ3) is 5.38. The van der Waals surface area contributed by atoms with E-state index in [1.165, 1.54) is 0 Å². The molecule has 37 heavy (non-hydrogen) atoms. The first kappa shape index (κ1) is 25.0. The highest BCUT2D eigenvalue weighted by Crippen LogP contribution is 2.37. The average Bonchev–Trinajstić information content (AvgIpc) is 3.33. The van der Waals surface area contributed by atoms with E-state index in [4.69, 9.17) is 14.6 Å². The van der Waals surface area contributed by atoms with Crippen molar-refractivity contribution in [3.63, 3.8) is 0 Å². The van der Waals surface area contributed by atoms with E-state index >= 15 is 0 Å². The number of nitrogens with zero attached hydrogens (tertiary/aromatic N) is 2. The third-order valence-electron chi connectivity index (χ3n) is 6.47. The molecule has 1 amide bonds. The number of fused-ring (bicyclic) bond motifs is 3. The van der Waals surface area contributed by atoms with Crippen LogP contribution >= 0.6 is 0 Å². The van der Waals surface area contributed by atoms with Gasteiger partial charge in [0, 0.05) is 37.2 Å². The fraction of sp³-hybridized carbons (Fsp3) is 0.286. The summed E-state index contributed by atoms with van der Waals surface area (Å²) >= 11 is 0. The molecule has 0 fully saturated rings. The fourth-order valence-electron chi connectivity index (χ4n) is 4.51. The second-order valence-corrected chi connectivity index (χ2v) is 11.1. The van der Waals surface area contributed by atoms with Crippen molar-refractivity contribution in [2.75, 3.05) is 25.5 Å². The molecular formula is C28H28N2O6S. The predicted octanol–water partition coefficient (Wildman–Crippen LogP) is 3.15. The van der Waals surface area contributed by atoms with Crippen molar-refractivity contribution >= 4 is 21.6 Å². The van der Waals surface area contributed by atoms with Crippen molar-refractivity contribution in [2.24, 2.45) is 4.99 Å². The van der Waals surface area contributed by atoms with Gasteiger partial charge in [0.05, 0.1) is 17.3 Å². The third-order valence-corrected chi connectivity index (χ3v) is 8.18. The quantitative estimate of drug-likeness (QED) is 0.435. The lowest BCUT2D eigenvalue weighted by atomic mass is 9.99. The number of carbonyl (C=O) groups is 1. The molecule has 0 bridgehead atoms. The Balaban J connectivity index is 1.38. The first-order valence-corrected chi connectivity index (χ1v) is 13.8. The SMILES string of the molecule is O=C1[C@H]2N=C(c3ccc(OCCCO)cc3)O[C@H]2c2ccccc2CN1CCS(=O)(=O)c1ccccc1. The molecule has 0 radical (unpaired) electrons. The Kier molecular flexibility index (Phi) is 7.25. The van der Waals surface area contributed by atoms with E-state index in [9.17, 15) is 13.2 Å². The average molecular weight is 521 g/mol. The van der Waals surface area contributed by atoms with Crippen LogP contribution in [0.15, 0.2) is 88.8 Å². The molecule has 8 nitrogen and oxygen atoms in total. The Morgan fingerprint density at radius 1 is 1.00 bits per heavy atom. The van der Waals surface area contributed by atoms with E-state index in [2.05, 4.69) is 4.99 Å². The highest BCUT2D eigenvalue weighted by atomic mass is 32.2. The van der Waals surface area contributed by atoms with Crippen LogP contribution in [0.1, 0.15) is 29.2 Å². The van der Waals surface area contributed by atoms with Gasteiger partial charge in [-0.2, -0.15) is 0 Å². The van der Waals surface area contributed by atoms with Gasteiger partial charge in [0.1, 0.15) is 5.75 Å². The maximum absolute atomic E-state index is 13.6. The fourth-order valence-corrected chi connectivity index (χ4v) is 5.78. The van der Waals surface area contributed by atoms with E-state index in [1.807, 2.05) is 36.4 Å². The summed E-state index contributed by atoms with van der Waals surface area (Å²) in [4.78, 5) is 20.1. The zero-order chi connectivity index (χ0) is 25.8. The molecule has 1 N–H and O–H groups in total. The van der Waals surface area contributed by atoms with E-state index in [0.29, 0.717) is 36.8 Å². The van der Waals surface area contributed by atoms with Crippen molar-refractivity contribution in [1.29, 1.82) is 0 Å². The first-order valence-electron chi connectivity index (χ1n) is 12.2. The maximum atomic E-state index is 13.6. The molecule has 2 atom stereocenters. The van der Waals surface area contributed by atoms with Crippen LogP contribution in [0.2, 0.25) is 0 Å². The largest absolute Gasteiger partial charge is 0.494 e. The minimum atomic E-state index is -3.55. The Morgan fingerprint density at radius 3 is 2.49 bits per heavy atom. The first-order chi connectivity index (χ1) is 18.0. The molecule has 2 aliphatic rings. The van der Waals surface area contributed by atoms with Crippen LogP contribution in [0.4, 0.5) is 0 Å². The van der Waals surface area contributed by atoms with Gasteiger partial charge in [0.25, 0.3) is 5.91 Å². The Morgan fingerprint density at radius 2 is 1.73 bits per heavy atom. The van der Waals surface area contributed by atoms with Gasteiger partial charge in [-0.25, -0.2) is 13.4 Å². The van der Waals surface area contributed by atoms with Gasteiger partial charge in [-0.1, -0.05) is 42.5 Å². The number of carbonyl (C=O) groups excluding carboxylic acids is 1. The predicted molar refractivity (Wildman–Crippen MR) is 138 cm³/mol. The van der Waals surface area contributed by atoms with Gasteiger partial charge in [-0.15, -0.1) is 0 Å². The molecule has 3 aromatic carbocycles. The molecule has 0 aliphatic carbocycles. The van der Waals surface area contributed by atoms with Gasteiger partial charge in [-0.3, -0.25) is 4.79 Å². The van der Waals surface area contributed by atoms with Gasteiger partial charge in [0.2, 0.25) is 5.90 Å². The molecule has 0 saturated heterocycles. The van der Waals surface area contributed by atoms with E-state index in [0.717, 1.165) is 11.1 Å². The monoisotopic (exact) mass is 520 g/mol. The van der Waals surface area contributed by atoms with E-state index in [-0.39, 0.29) is 29.7 Å². The molecule has 9 heteroatoms. The molecule has 0 saturated carbocycles. The molecule has 2 heterocycles. The number of aliphatic hydroxyl groups excluding tert-OH is 1. The van der Waals surface area contributed by atoms with Crippen molar-refractivity contribution in [2.45, 2.75) is 30.0 Å². The number of aliphatic hydroxyl groups is 1. The zero-order valence-corrected chi connectivity index (χ0v) is 21.0. The minimum Gasteiger partial charge on any atom is -0.494 e. The number of hydrogen-bond acceptors (Lipinski definition) is 7. The van der Waals surface area contributed by atoms with Crippen LogP contribution < -0.4 is 4.74 Å². The number of aliphatic imine (C=N–C) groups is 1. The molecule has 3 aromatic rings. The van der Waals surface area contributed by atoms with Gasteiger partial charge in [-0.05, 0) is 42.0 Å². The summed E-state index contributed by atoms with van der Waals surface area (Å²) < 4.78 is 37.6. The molecule has 192 valence electrons. The van der Waals surface area contributed by atoms with E-state index < -0.39 is 22.0 Å². The van der Waals surface area contributed by atoms with Crippen molar-refractivity contribution < 1.29 is 27.8 Å². The Labute approximate surface area is 216 Å². The number of benzene rings is 3. The van der Waals surface area contributed by atoms with Crippen LogP contribution in [-0.2, 0) is 25.9 Å². The van der Waals surface area contributed by atoms with Crippen LogP contribution in [0.25, 0.3) is 0 Å². The second-order valence-electron chi connectivity index (χ2n) is 8.96. The zero-order valence-electron chi connectivity index (χ0n) is 20.2. The highest BCUT2D eigenvalue weighted by molar-refractivity contribution is 7.91. The Bertz CT molecular complexity index is 1390. The lowest BCUT2D eigenvalue weighted by molar-refractivity contribution is -0.133. The van der Waals surface area contributed by atoms with Crippen LogP contribution in [0, 0.1) is 0 Å². The van der Waals surface area contributed by atoms with Crippen molar-refractivity contribution in [1.82, 2.24) is 4.90 Å². The van der Waals surface area contributed by atoms with Crippen LogP contribution in [0.3, 0.4) is 0 Å². The lowest BCUT2D eigenvalue weighted by Gasteiger charge is -2.22. The van der Waals surface area contributed by atoms with Gasteiger partial charge in [0.15, 0.2) is 22.0 Å². The van der Waals surface area contributed by atoms with Crippen LogP contribution in [0.5, 0.6) is 5.75 Å². The number of amides is 1. The number of hydrogen-bond donors (Lipinski definition) is 1. The van der Waals surface area contributed by atoms with Crippen molar-refractivity contribution in [3.8, 4) is 5.75 Å². The molecule has 0 aromatic heterocycles. The molecule has 0 unspecified atom stereocenters. The molecular weight excluding hydrogens is 492 g/mol. The summed E-state index contributed by atoms with van der Waals surface area (Å²) in [5.41, 5.74) is 2.49. The number of sulfone groups is 1. The maximum Gasteiger partial charge on any atom is 0.252 e. The second kappa shape index (κ2) is 10.7. The Hall–Kier alpha value is -3.69. The summed E-state index contributed by atoms with van der Waals surface area (Å²) in [6.07, 6.45) is -0.0408. The van der Waals surface area contributed by atoms with E-state index in [1.54, 1.807) is 47.4 Å². The summed E-state index contributed by atoms with van der Waals surface area (Å²) in [5.74, 6) is 0.580. The minimum absolute atomic E-state index is 0.0539. The lowest BCUT2D eigenvalue weighted by Crippen LogP contribution is -2.40. The number of rotatable bonds is 9. The molecule has 0 spiro atoms. The highest BCUT2D eigenvalue weighted by Gasteiger charge is 2.43. The summed E-state index contributed by atoms with van der Waals surface area (Å²) in [5, 5.41) is 8.92. The summed E-state index contributed by atoms with van der Waals surface area (Å²) in [6.45, 7) is 0.827. The molecule has 5 rings (SSSR count). The summed E-state index contributed by atoms with van der Waals surface area (Å²) in [7, 11) is -3.55. The van der Waals surface area contributed by atoms with Crippen molar-refractivity contribution in [3.05, 3.63) is 95.6 Å². The standard InChI is InChI=1S/C28H28N2O6S/c31-16-6-17-35-22-13-11-20(12-14-22)27-29-25-26(36-27)24-10-5-4-7-21(24)19-30(28(25)32)15-18-37(33,34)23-8-2-1-3-9-23/h1-5,7-14,25-26,31H,6,15-19H2/t25-,26-/m0/s1. The molecule has 2 aliphatic heterocycles. The van der Waals surface area contributed by atoms with Crippen LogP contribution in [-0.4, -0.2) is 61.8 Å².